The first-order valence-corrected chi connectivity index (χ1v) is 5.19. The van der Waals surface area contributed by atoms with E-state index in [-0.39, 0.29) is 0 Å². The Morgan fingerprint density at radius 3 is 3.00 bits per heavy atom. The molecule has 0 bridgehead atoms. The summed E-state index contributed by atoms with van der Waals surface area (Å²) in [5, 5.41) is 0. The van der Waals surface area contributed by atoms with E-state index in [1.54, 1.807) is 12.4 Å². The van der Waals surface area contributed by atoms with Gasteiger partial charge in [0, 0.05) is 24.2 Å². The van der Waals surface area contributed by atoms with Crippen molar-refractivity contribution >= 4 is 5.65 Å². The Morgan fingerprint density at radius 1 is 1.25 bits per heavy atom. The summed E-state index contributed by atoms with van der Waals surface area (Å²) in [6.45, 7) is 2.08. The van der Waals surface area contributed by atoms with Crippen LogP contribution in [-0.4, -0.2) is 14.4 Å². The lowest BCUT2D eigenvalue weighted by Crippen LogP contribution is -1.81. The summed E-state index contributed by atoms with van der Waals surface area (Å²) in [7, 11) is 0. The number of aromatic nitrogens is 3. The molecule has 3 heteroatoms. The lowest BCUT2D eigenvalue weighted by atomic mass is 10.1. The molecule has 16 heavy (non-hydrogen) atoms. The summed E-state index contributed by atoms with van der Waals surface area (Å²) in [5.41, 5.74) is 4.24. The van der Waals surface area contributed by atoms with Crippen LogP contribution in [0.15, 0.2) is 49.1 Å². The van der Waals surface area contributed by atoms with E-state index < -0.39 is 0 Å². The first-order valence-electron chi connectivity index (χ1n) is 5.19. The SMILES string of the molecule is Cc1cccc(-c2cn3ccncc3n2)c1. The van der Waals surface area contributed by atoms with E-state index in [0.717, 1.165) is 16.9 Å². The molecule has 0 aliphatic carbocycles. The van der Waals surface area contributed by atoms with E-state index in [0.29, 0.717) is 0 Å². The monoisotopic (exact) mass is 209 g/mol. The van der Waals surface area contributed by atoms with Crippen molar-refractivity contribution in [3.05, 3.63) is 54.6 Å². The van der Waals surface area contributed by atoms with Crippen LogP contribution in [0.2, 0.25) is 0 Å². The van der Waals surface area contributed by atoms with Crippen LogP contribution < -0.4 is 0 Å². The molecule has 0 saturated carbocycles. The zero-order valence-corrected chi connectivity index (χ0v) is 8.96. The van der Waals surface area contributed by atoms with Gasteiger partial charge >= 0.3 is 0 Å². The number of imidazole rings is 1. The summed E-state index contributed by atoms with van der Waals surface area (Å²) in [6, 6.07) is 8.34. The molecule has 3 aromatic rings. The van der Waals surface area contributed by atoms with Crippen LogP contribution in [0.5, 0.6) is 0 Å². The highest BCUT2D eigenvalue weighted by molar-refractivity contribution is 5.62. The van der Waals surface area contributed by atoms with Crippen molar-refractivity contribution in [1.29, 1.82) is 0 Å². The quantitative estimate of drug-likeness (QED) is 0.616. The second kappa shape index (κ2) is 3.45. The fourth-order valence-corrected chi connectivity index (χ4v) is 1.79. The number of rotatable bonds is 1. The summed E-state index contributed by atoms with van der Waals surface area (Å²) in [5.74, 6) is 0. The number of hydrogen-bond donors (Lipinski definition) is 0. The van der Waals surface area contributed by atoms with Crippen LogP contribution in [0.1, 0.15) is 5.56 Å². The first-order chi connectivity index (χ1) is 7.83. The van der Waals surface area contributed by atoms with E-state index in [9.17, 15) is 0 Å². The normalized spacial score (nSPS) is 10.8. The summed E-state index contributed by atoms with van der Waals surface area (Å²) < 4.78 is 1.98. The van der Waals surface area contributed by atoms with Crippen molar-refractivity contribution in [2.75, 3.05) is 0 Å². The van der Waals surface area contributed by atoms with Gasteiger partial charge in [-0.15, -0.1) is 0 Å². The van der Waals surface area contributed by atoms with E-state index in [1.807, 2.05) is 22.9 Å². The summed E-state index contributed by atoms with van der Waals surface area (Å²) >= 11 is 0. The van der Waals surface area contributed by atoms with Gasteiger partial charge < -0.3 is 4.40 Å². The van der Waals surface area contributed by atoms with Gasteiger partial charge in [-0.1, -0.05) is 23.8 Å². The molecule has 0 amide bonds. The molecule has 0 saturated heterocycles. The maximum Gasteiger partial charge on any atom is 0.155 e. The van der Waals surface area contributed by atoms with Crippen molar-refractivity contribution in [2.45, 2.75) is 6.92 Å². The van der Waals surface area contributed by atoms with Gasteiger partial charge in [0.25, 0.3) is 0 Å². The molecular formula is C13H11N3. The van der Waals surface area contributed by atoms with Crippen molar-refractivity contribution in [3.8, 4) is 11.3 Å². The predicted molar refractivity (Wildman–Crippen MR) is 63.2 cm³/mol. The molecule has 0 aliphatic heterocycles. The van der Waals surface area contributed by atoms with Crippen LogP contribution in [-0.2, 0) is 0 Å². The number of hydrogen-bond acceptors (Lipinski definition) is 2. The average molecular weight is 209 g/mol. The standard InChI is InChI=1S/C13H11N3/c1-10-3-2-4-11(7-10)12-9-16-6-5-14-8-13(16)15-12/h2-9H,1H3. The van der Waals surface area contributed by atoms with E-state index >= 15 is 0 Å². The Hall–Kier alpha value is -2.16. The summed E-state index contributed by atoms with van der Waals surface area (Å²) in [6.07, 6.45) is 7.45. The molecule has 0 fully saturated rings. The molecular weight excluding hydrogens is 198 g/mol. The molecule has 0 N–H and O–H groups in total. The Kier molecular flexibility index (Phi) is 1.96. The van der Waals surface area contributed by atoms with Gasteiger partial charge in [0.2, 0.25) is 0 Å². The largest absolute Gasteiger partial charge is 0.304 e. The fraction of sp³-hybridized carbons (Fsp3) is 0.0769. The van der Waals surface area contributed by atoms with Crippen molar-refractivity contribution < 1.29 is 0 Å². The zero-order chi connectivity index (χ0) is 11.0. The van der Waals surface area contributed by atoms with Gasteiger partial charge in [0.1, 0.15) is 0 Å². The van der Waals surface area contributed by atoms with Gasteiger partial charge in [-0.05, 0) is 13.0 Å². The Labute approximate surface area is 93.4 Å². The molecule has 0 unspecified atom stereocenters. The molecule has 1 aromatic carbocycles. The van der Waals surface area contributed by atoms with Gasteiger partial charge in [-0.25, -0.2) is 4.98 Å². The Bertz CT molecular complexity index is 607. The first kappa shape index (κ1) is 9.09. The third kappa shape index (κ3) is 1.46. The minimum absolute atomic E-state index is 0.874. The van der Waals surface area contributed by atoms with Crippen molar-refractivity contribution in [3.63, 3.8) is 0 Å². The summed E-state index contributed by atoms with van der Waals surface area (Å²) in [4.78, 5) is 8.58. The predicted octanol–water partition coefficient (Wildman–Crippen LogP) is 2.70. The van der Waals surface area contributed by atoms with Crippen LogP contribution in [0.3, 0.4) is 0 Å². The second-order valence-corrected chi connectivity index (χ2v) is 3.84. The molecule has 3 nitrogen and oxygen atoms in total. The van der Waals surface area contributed by atoms with Crippen LogP contribution >= 0.6 is 0 Å². The lowest BCUT2D eigenvalue weighted by Gasteiger charge is -1.96. The topological polar surface area (TPSA) is 30.2 Å². The highest BCUT2D eigenvalue weighted by Gasteiger charge is 2.03. The van der Waals surface area contributed by atoms with Crippen LogP contribution in [0, 0.1) is 6.92 Å². The molecule has 0 aliphatic rings. The lowest BCUT2D eigenvalue weighted by molar-refractivity contribution is 1.13. The molecule has 0 spiro atoms. The van der Waals surface area contributed by atoms with Crippen molar-refractivity contribution in [1.82, 2.24) is 14.4 Å². The van der Waals surface area contributed by atoms with Crippen molar-refractivity contribution in [2.24, 2.45) is 0 Å². The highest BCUT2D eigenvalue weighted by atomic mass is 15.0. The van der Waals surface area contributed by atoms with Crippen LogP contribution in [0.4, 0.5) is 0 Å². The van der Waals surface area contributed by atoms with E-state index in [2.05, 4.69) is 35.1 Å². The fourth-order valence-electron chi connectivity index (χ4n) is 1.79. The third-order valence-electron chi connectivity index (χ3n) is 2.58. The molecule has 78 valence electrons. The smallest absolute Gasteiger partial charge is 0.155 e. The zero-order valence-electron chi connectivity index (χ0n) is 8.96. The van der Waals surface area contributed by atoms with Gasteiger partial charge in [-0.2, -0.15) is 0 Å². The van der Waals surface area contributed by atoms with Gasteiger partial charge in [-0.3, -0.25) is 4.98 Å². The minimum Gasteiger partial charge on any atom is -0.304 e. The Balaban J connectivity index is 2.19. The molecule has 0 radical (unpaired) electrons. The number of benzene rings is 1. The third-order valence-corrected chi connectivity index (χ3v) is 2.58. The number of nitrogens with zero attached hydrogens (tertiary/aromatic N) is 3. The molecule has 3 rings (SSSR count). The average Bonchev–Trinajstić information content (AvgIpc) is 2.72. The second-order valence-electron chi connectivity index (χ2n) is 3.84. The maximum absolute atomic E-state index is 4.52. The van der Waals surface area contributed by atoms with Crippen LogP contribution in [0.25, 0.3) is 16.9 Å². The molecule has 0 atom stereocenters. The van der Waals surface area contributed by atoms with E-state index in [1.165, 1.54) is 5.56 Å². The highest BCUT2D eigenvalue weighted by Crippen LogP contribution is 2.19. The number of fused-ring (bicyclic) bond motifs is 1. The number of aryl methyl sites for hydroxylation is 1. The molecule has 2 heterocycles. The van der Waals surface area contributed by atoms with Gasteiger partial charge in [0.15, 0.2) is 5.65 Å². The molecule has 2 aromatic heterocycles. The minimum atomic E-state index is 0.874. The van der Waals surface area contributed by atoms with E-state index in [4.69, 9.17) is 0 Å². The van der Waals surface area contributed by atoms with Gasteiger partial charge in [0.05, 0.1) is 11.9 Å². The Morgan fingerprint density at radius 2 is 2.19 bits per heavy atom. The maximum atomic E-state index is 4.52.